The maximum Gasteiger partial charge on any atom is 0.324 e. The molecule has 2 amide bonds. The van der Waals surface area contributed by atoms with Gasteiger partial charge in [-0.1, -0.05) is 0 Å². The number of urea groups is 1. The molecular formula is C16H14N4O4. The van der Waals surface area contributed by atoms with Gasteiger partial charge in [0.15, 0.2) is 17.3 Å². The maximum atomic E-state index is 12.2. The number of amides is 2. The zero-order valence-electron chi connectivity index (χ0n) is 12.8. The van der Waals surface area contributed by atoms with Crippen LogP contribution in [0.4, 0.5) is 16.3 Å². The Bertz CT molecular complexity index is 922. The minimum absolute atomic E-state index is 0.187. The fourth-order valence-electron chi connectivity index (χ4n) is 2.46. The third-order valence-corrected chi connectivity index (χ3v) is 3.63. The predicted octanol–water partition coefficient (Wildman–Crippen LogP) is 2.94. The second-order valence-electron chi connectivity index (χ2n) is 5.13. The molecule has 24 heavy (non-hydrogen) atoms. The summed E-state index contributed by atoms with van der Waals surface area (Å²) in [6, 6.07) is 10.2. The Morgan fingerprint density at radius 2 is 2.04 bits per heavy atom. The van der Waals surface area contributed by atoms with Crippen molar-refractivity contribution in [1.29, 1.82) is 0 Å². The van der Waals surface area contributed by atoms with Crippen LogP contribution >= 0.6 is 0 Å². The summed E-state index contributed by atoms with van der Waals surface area (Å²) in [7, 11) is 1.58. The third-order valence-electron chi connectivity index (χ3n) is 3.63. The smallest absolute Gasteiger partial charge is 0.324 e. The Morgan fingerprint density at radius 1 is 1.17 bits per heavy atom. The second kappa shape index (κ2) is 5.65. The molecule has 1 aliphatic rings. The first-order chi connectivity index (χ1) is 11.7. The molecule has 0 saturated carbocycles. The standard InChI is InChI=1S/C16H14N4O4/c1-22-10-3-4-12-11(7-10)15(20-19-12)18-16(21)17-9-2-5-13-14(6-9)24-8-23-13/h2-7H,8H2,1H3,(H3,17,18,19,20,21). The van der Waals surface area contributed by atoms with Crippen molar-refractivity contribution in [2.45, 2.75) is 0 Å². The number of nitrogens with one attached hydrogen (secondary N) is 3. The lowest BCUT2D eigenvalue weighted by Gasteiger charge is -2.07. The van der Waals surface area contributed by atoms with Gasteiger partial charge in [-0.25, -0.2) is 4.79 Å². The molecular weight excluding hydrogens is 312 g/mol. The fourth-order valence-corrected chi connectivity index (χ4v) is 2.46. The Morgan fingerprint density at radius 3 is 2.92 bits per heavy atom. The van der Waals surface area contributed by atoms with Crippen molar-refractivity contribution in [3.63, 3.8) is 0 Å². The largest absolute Gasteiger partial charge is 0.497 e. The van der Waals surface area contributed by atoms with Crippen LogP contribution in [0, 0.1) is 0 Å². The maximum absolute atomic E-state index is 12.2. The van der Waals surface area contributed by atoms with Gasteiger partial charge in [-0.15, -0.1) is 0 Å². The molecule has 0 unspecified atom stereocenters. The van der Waals surface area contributed by atoms with Crippen LogP contribution in [0.1, 0.15) is 0 Å². The van der Waals surface area contributed by atoms with E-state index in [0.29, 0.717) is 28.8 Å². The molecule has 0 bridgehead atoms. The van der Waals surface area contributed by atoms with Crippen LogP contribution in [0.3, 0.4) is 0 Å². The fraction of sp³-hybridized carbons (Fsp3) is 0.125. The minimum Gasteiger partial charge on any atom is -0.497 e. The van der Waals surface area contributed by atoms with Crippen molar-refractivity contribution in [3.8, 4) is 17.2 Å². The summed E-state index contributed by atoms with van der Waals surface area (Å²) in [5, 5.41) is 13.2. The van der Waals surface area contributed by atoms with E-state index in [2.05, 4.69) is 20.8 Å². The molecule has 2 heterocycles. The summed E-state index contributed by atoms with van der Waals surface area (Å²) < 4.78 is 15.7. The van der Waals surface area contributed by atoms with Crippen molar-refractivity contribution in [3.05, 3.63) is 36.4 Å². The van der Waals surface area contributed by atoms with Crippen LogP contribution in [-0.4, -0.2) is 30.1 Å². The number of anilines is 2. The van der Waals surface area contributed by atoms with E-state index in [1.165, 1.54) is 0 Å². The van der Waals surface area contributed by atoms with Crippen LogP contribution in [-0.2, 0) is 0 Å². The number of benzene rings is 2. The van der Waals surface area contributed by atoms with E-state index in [0.717, 1.165) is 10.9 Å². The quantitative estimate of drug-likeness (QED) is 0.687. The van der Waals surface area contributed by atoms with Crippen LogP contribution in [0.25, 0.3) is 10.9 Å². The predicted molar refractivity (Wildman–Crippen MR) is 87.9 cm³/mol. The number of aromatic nitrogens is 2. The van der Waals surface area contributed by atoms with Gasteiger partial charge >= 0.3 is 6.03 Å². The zero-order chi connectivity index (χ0) is 16.5. The van der Waals surface area contributed by atoms with Crippen molar-refractivity contribution in [2.24, 2.45) is 0 Å². The Balaban J connectivity index is 1.52. The first kappa shape index (κ1) is 14.2. The highest BCUT2D eigenvalue weighted by Gasteiger charge is 2.15. The number of carbonyl (C=O) groups excluding carboxylic acids is 1. The van der Waals surface area contributed by atoms with Crippen LogP contribution < -0.4 is 24.8 Å². The van der Waals surface area contributed by atoms with Gasteiger partial charge in [0.05, 0.1) is 12.6 Å². The molecule has 0 radical (unpaired) electrons. The highest BCUT2D eigenvalue weighted by Crippen LogP contribution is 2.34. The van der Waals surface area contributed by atoms with Crippen LogP contribution in [0.15, 0.2) is 36.4 Å². The number of rotatable bonds is 3. The molecule has 0 saturated heterocycles. The summed E-state index contributed by atoms with van der Waals surface area (Å²) in [5.41, 5.74) is 1.39. The molecule has 3 aromatic rings. The Labute approximate surface area is 136 Å². The lowest BCUT2D eigenvalue weighted by atomic mass is 10.2. The van der Waals surface area contributed by atoms with Crippen molar-refractivity contribution in [2.75, 3.05) is 24.5 Å². The first-order valence-corrected chi connectivity index (χ1v) is 7.23. The summed E-state index contributed by atoms with van der Waals surface area (Å²) in [4.78, 5) is 12.2. The molecule has 0 fully saturated rings. The van der Waals surface area contributed by atoms with Crippen LogP contribution in [0.2, 0.25) is 0 Å². The number of hydrogen-bond acceptors (Lipinski definition) is 5. The van der Waals surface area contributed by atoms with E-state index in [-0.39, 0.29) is 6.79 Å². The van der Waals surface area contributed by atoms with Gasteiger partial charge in [-0.3, -0.25) is 10.4 Å². The second-order valence-corrected chi connectivity index (χ2v) is 5.13. The number of aromatic amines is 1. The lowest BCUT2D eigenvalue weighted by Crippen LogP contribution is -2.19. The zero-order valence-corrected chi connectivity index (χ0v) is 12.8. The highest BCUT2D eigenvalue weighted by atomic mass is 16.7. The molecule has 8 heteroatoms. The van der Waals surface area contributed by atoms with Crippen molar-refractivity contribution in [1.82, 2.24) is 10.2 Å². The van der Waals surface area contributed by atoms with Gasteiger partial charge < -0.3 is 19.5 Å². The van der Waals surface area contributed by atoms with E-state index in [1.54, 1.807) is 31.4 Å². The van der Waals surface area contributed by atoms with Gasteiger partial charge in [-0.05, 0) is 30.3 Å². The number of ether oxygens (including phenoxy) is 3. The van der Waals surface area contributed by atoms with Crippen molar-refractivity contribution < 1.29 is 19.0 Å². The minimum atomic E-state index is -0.412. The molecule has 0 atom stereocenters. The van der Waals surface area contributed by atoms with Gasteiger partial charge in [0, 0.05) is 17.1 Å². The lowest BCUT2D eigenvalue weighted by molar-refractivity contribution is 0.174. The average Bonchev–Trinajstić information content (AvgIpc) is 3.21. The number of H-pyrrole nitrogens is 1. The topological polar surface area (TPSA) is 97.5 Å². The summed E-state index contributed by atoms with van der Waals surface area (Å²) in [6.45, 7) is 0.187. The van der Waals surface area contributed by atoms with Gasteiger partial charge in [0.25, 0.3) is 0 Å². The molecule has 0 spiro atoms. The SMILES string of the molecule is COc1ccc2[nH]nc(NC(=O)Nc3ccc4c(c3)OCO4)c2c1. The molecule has 0 aliphatic carbocycles. The summed E-state index contributed by atoms with van der Waals surface area (Å²) in [6.07, 6.45) is 0. The molecule has 3 N–H and O–H groups in total. The number of carbonyl (C=O) groups is 1. The molecule has 1 aromatic heterocycles. The first-order valence-electron chi connectivity index (χ1n) is 7.23. The molecule has 8 nitrogen and oxygen atoms in total. The molecule has 2 aromatic carbocycles. The number of methoxy groups -OCH3 is 1. The van der Waals surface area contributed by atoms with Gasteiger partial charge in [0.1, 0.15) is 5.75 Å². The number of fused-ring (bicyclic) bond motifs is 2. The third kappa shape index (κ3) is 2.54. The van der Waals surface area contributed by atoms with Gasteiger partial charge in [-0.2, -0.15) is 5.10 Å². The molecule has 4 rings (SSSR count). The van der Waals surface area contributed by atoms with E-state index in [1.807, 2.05) is 12.1 Å². The Hall–Kier alpha value is -3.42. The molecule has 122 valence electrons. The normalized spacial score (nSPS) is 12.2. The van der Waals surface area contributed by atoms with E-state index in [9.17, 15) is 4.79 Å². The van der Waals surface area contributed by atoms with Crippen molar-refractivity contribution >= 4 is 28.4 Å². The average molecular weight is 326 g/mol. The van der Waals surface area contributed by atoms with Gasteiger partial charge in [0.2, 0.25) is 6.79 Å². The summed E-state index contributed by atoms with van der Waals surface area (Å²) in [5.74, 6) is 2.36. The van der Waals surface area contributed by atoms with Crippen LogP contribution in [0.5, 0.6) is 17.2 Å². The molecule has 1 aliphatic heterocycles. The highest BCUT2D eigenvalue weighted by molar-refractivity contribution is 6.04. The van der Waals surface area contributed by atoms with E-state index in [4.69, 9.17) is 14.2 Å². The van der Waals surface area contributed by atoms with E-state index >= 15 is 0 Å². The monoisotopic (exact) mass is 326 g/mol. The number of nitrogens with zero attached hydrogens (tertiary/aromatic N) is 1. The summed E-state index contributed by atoms with van der Waals surface area (Å²) >= 11 is 0. The van der Waals surface area contributed by atoms with E-state index < -0.39 is 6.03 Å². The Kier molecular flexibility index (Phi) is 3.34. The number of hydrogen-bond donors (Lipinski definition) is 3.